The number of hydrogen-bond donors (Lipinski definition) is 0. The molecular formula is C30H30N2O3. The van der Waals surface area contributed by atoms with Crippen LogP contribution in [-0.4, -0.2) is 21.5 Å². The van der Waals surface area contributed by atoms with Crippen LogP contribution >= 0.6 is 0 Å². The molecule has 178 valence electrons. The van der Waals surface area contributed by atoms with Crippen molar-refractivity contribution in [3.05, 3.63) is 113 Å². The molecule has 0 N–H and O–H groups in total. The van der Waals surface area contributed by atoms with Gasteiger partial charge >= 0.3 is 5.97 Å². The highest BCUT2D eigenvalue weighted by molar-refractivity contribution is 5.91. The van der Waals surface area contributed by atoms with Crippen LogP contribution in [0.15, 0.2) is 84.9 Å². The maximum absolute atomic E-state index is 13.1. The van der Waals surface area contributed by atoms with E-state index in [9.17, 15) is 4.79 Å². The summed E-state index contributed by atoms with van der Waals surface area (Å²) in [6, 6.07) is 28.3. The maximum atomic E-state index is 13.1. The van der Waals surface area contributed by atoms with Crippen LogP contribution in [0.25, 0.3) is 11.1 Å². The molecule has 0 unspecified atom stereocenters. The topological polar surface area (TPSA) is 61.3 Å². The van der Waals surface area contributed by atoms with Gasteiger partial charge in [0.05, 0.1) is 5.69 Å². The van der Waals surface area contributed by atoms with Crippen molar-refractivity contribution in [3.63, 3.8) is 0 Å². The summed E-state index contributed by atoms with van der Waals surface area (Å²) in [6.07, 6.45) is 0.491. The number of carbonyl (C=O) groups is 1. The zero-order valence-corrected chi connectivity index (χ0v) is 20.6. The van der Waals surface area contributed by atoms with E-state index in [2.05, 4.69) is 46.4 Å². The molecule has 3 aromatic carbocycles. The fourth-order valence-electron chi connectivity index (χ4n) is 3.70. The molecule has 0 radical (unpaired) electrons. The van der Waals surface area contributed by atoms with Crippen LogP contribution in [0, 0.1) is 6.92 Å². The van der Waals surface area contributed by atoms with Gasteiger partial charge in [-0.2, -0.15) is 0 Å². The van der Waals surface area contributed by atoms with Crippen molar-refractivity contribution in [3.8, 4) is 16.9 Å². The number of carbonyl (C=O) groups excluding carboxylic acids is 1. The highest BCUT2D eigenvalue weighted by Gasteiger charge is 2.25. The van der Waals surface area contributed by atoms with Crippen LogP contribution in [-0.2, 0) is 17.8 Å². The van der Waals surface area contributed by atoms with E-state index < -0.39 is 11.6 Å². The molecule has 1 aromatic heterocycles. The van der Waals surface area contributed by atoms with Crippen LogP contribution in [0.2, 0.25) is 0 Å². The van der Waals surface area contributed by atoms with Crippen molar-refractivity contribution < 1.29 is 14.3 Å². The van der Waals surface area contributed by atoms with Crippen molar-refractivity contribution in [1.29, 1.82) is 0 Å². The number of ether oxygens (including phenoxy) is 2. The fraction of sp³-hybridized carbons (Fsp3) is 0.233. The summed E-state index contributed by atoms with van der Waals surface area (Å²) in [5.74, 6) is 0.376. The predicted molar refractivity (Wildman–Crippen MR) is 137 cm³/mol. The van der Waals surface area contributed by atoms with Crippen LogP contribution in [0.3, 0.4) is 0 Å². The van der Waals surface area contributed by atoms with E-state index in [1.165, 1.54) is 5.56 Å². The first kappa shape index (κ1) is 24.1. The van der Waals surface area contributed by atoms with Crippen molar-refractivity contribution in [2.24, 2.45) is 0 Å². The molecule has 0 fully saturated rings. The third-order valence-corrected chi connectivity index (χ3v) is 5.32. The quantitative estimate of drug-likeness (QED) is 0.288. The number of rotatable bonds is 7. The first-order valence-corrected chi connectivity index (χ1v) is 11.7. The number of benzene rings is 3. The monoisotopic (exact) mass is 466 g/mol. The van der Waals surface area contributed by atoms with Gasteiger partial charge in [-0.05, 0) is 49.9 Å². The third kappa shape index (κ3) is 6.54. The second-order valence-corrected chi connectivity index (χ2v) is 9.42. The van der Waals surface area contributed by atoms with Crippen molar-refractivity contribution in [2.45, 2.75) is 46.3 Å². The summed E-state index contributed by atoms with van der Waals surface area (Å²) < 4.78 is 11.7. The zero-order valence-electron chi connectivity index (χ0n) is 20.6. The lowest BCUT2D eigenvalue weighted by Gasteiger charge is -2.21. The minimum atomic E-state index is -0.653. The van der Waals surface area contributed by atoms with Gasteiger partial charge in [-0.3, -0.25) is 0 Å². The molecule has 0 aliphatic heterocycles. The Balaban J connectivity index is 1.60. The molecule has 0 aliphatic rings. The average Bonchev–Trinajstić information content (AvgIpc) is 2.84. The molecule has 4 aromatic rings. The Morgan fingerprint density at radius 1 is 0.771 bits per heavy atom. The molecule has 0 saturated heterocycles. The standard InChI is InChI=1S/C30H30N2O3/c1-21-28(34-20-23-11-7-5-8-12-23)27(29(33)35-30(2,3)4)32-26(31-21)19-22-15-17-25(18-16-22)24-13-9-6-10-14-24/h5-18H,19-20H2,1-4H3. The molecule has 5 heteroatoms. The largest absolute Gasteiger partial charge is 0.484 e. The summed E-state index contributed by atoms with van der Waals surface area (Å²) in [6.45, 7) is 7.63. The van der Waals surface area contributed by atoms with E-state index in [-0.39, 0.29) is 5.69 Å². The smallest absolute Gasteiger partial charge is 0.361 e. The Bertz CT molecular complexity index is 1280. The lowest BCUT2D eigenvalue weighted by Crippen LogP contribution is -2.25. The normalized spacial score (nSPS) is 11.2. The van der Waals surface area contributed by atoms with Gasteiger partial charge in [0.2, 0.25) is 0 Å². The summed E-state index contributed by atoms with van der Waals surface area (Å²) >= 11 is 0. The molecule has 4 rings (SSSR count). The molecule has 0 bridgehead atoms. The Labute approximate surface area is 206 Å². The second kappa shape index (κ2) is 10.5. The average molecular weight is 467 g/mol. The van der Waals surface area contributed by atoms with Gasteiger partial charge in [-0.1, -0.05) is 84.9 Å². The second-order valence-electron chi connectivity index (χ2n) is 9.42. The molecule has 0 spiro atoms. The minimum absolute atomic E-state index is 0.152. The van der Waals surface area contributed by atoms with Gasteiger partial charge in [-0.25, -0.2) is 14.8 Å². The third-order valence-electron chi connectivity index (χ3n) is 5.32. The molecule has 0 saturated carbocycles. The van der Waals surface area contributed by atoms with Crippen LogP contribution < -0.4 is 4.74 Å². The molecule has 0 amide bonds. The first-order valence-electron chi connectivity index (χ1n) is 11.7. The fourth-order valence-corrected chi connectivity index (χ4v) is 3.70. The van der Waals surface area contributed by atoms with E-state index in [4.69, 9.17) is 9.47 Å². The van der Waals surface area contributed by atoms with Gasteiger partial charge in [-0.15, -0.1) is 0 Å². The highest BCUT2D eigenvalue weighted by atomic mass is 16.6. The molecule has 35 heavy (non-hydrogen) atoms. The summed E-state index contributed by atoms with van der Waals surface area (Å²) in [4.78, 5) is 22.3. The summed E-state index contributed by atoms with van der Waals surface area (Å²) in [7, 11) is 0. The number of esters is 1. The summed E-state index contributed by atoms with van der Waals surface area (Å²) in [5, 5.41) is 0. The van der Waals surface area contributed by atoms with Gasteiger partial charge in [0.25, 0.3) is 0 Å². The molecule has 0 atom stereocenters. The Hall–Kier alpha value is -3.99. The van der Waals surface area contributed by atoms with E-state index in [0.717, 1.165) is 16.7 Å². The molecule has 5 nitrogen and oxygen atoms in total. The number of hydrogen-bond acceptors (Lipinski definition) is 5. The minimum Gasteiger partial charge on any atom is -0.484 e. The lowest BCUT2D eigenvalue weighted by molar-refractivity contribution is 0.00573. The van der Waals surface area contributed by atoms with Crippen LogP contribution in [0.4, 0.5) is 0 Å². The van der Waals surface area contributed by atoms with Crippen molar-refractivity contribution >= 4 is 5.97 Å². The SMILES string of the molecule is Cc1nc(Cc2ccc(-c3ccccc3)cc2)nc(C(=O)OC(C)(C)C)c1OCc1ccccc1. The van der Waals surface area contributed by atoms with Crippen molar-refractivity contribution in [2.75, 3.05) is 0 Å². The van der Waals surface area contributed by atoms with Crippen LogP contribution in [0.1, 0.15) is 53.9 Å². The van der Waals surface area contributed by atoms with Gasteiger partial charge in [0.15, 0.2) is 11.4 Å². The lowest BCUT2D eigenvalue weighted by atomic mass is 10.0. The molecule has 1 heterocycles. The van der Waals surface area contributed by atoms with E-state index in [1.807, 2.05) is 76.2 Å². The highest BCUT2D eigenvalue weighted by Crippen LogP contribution is 2.26. The van der Waals surface area contributed by atoms with Crippen molar-refractivity contribution in [1.82, 2.24) is 9.97 Å². The van der Waals surface area contributed by atoms with E-state index in [0.29, 0.717) is 30.3 Å². The Morgan fingerprint density at radius 3 is 2.00 bits per heavy atom. The number of aryl methyl sites for hydroxylation is 1. The van der Waals surface area contributed by atoms with E-state index >= 15 is 0 Å². The predicted octanol–water partition coefficient (Wildman–Crippen LogP) is 6.58. The summed E-state index contributed by atoms with van der Waals surface area (Å²) in [5.41, 5.74) is 4.46. The Morgan fingerprint density at radius 2 is 1.37 bits per heavy atom. The van der Waals surface area contributed by atoms with Gasteiger partial charge < -0.3 is 9.47 Å². The van der Waals surface area contributed by atoms with Gasteiger partial charge in [0.1, 0.15) is 18.0 Å². The number of nitrogens with zero attached hydrogens (tertiary/aromatic N) is 2. The zero-order chi connectivity index (χ0) is 24.8. The maximum Gasteiger partial charge on any atom is 0.361 e. The van der Waals surface area contributed by atoms with Gasteiger partial charge in [0, 0.05) is 6.42 Å². The first-order chi connectivity index (χ1) is 16.8. The van der Waals surface area contributed by atoms with E-state index in [1.54, 1.807) is 0 Å². The molecular weight excluding hydrogens is 436 g/mol. The molecule has 0 aliphatic carbocycles. The Kier molecular flexibility index (Phi) is 7.25. The van der Waals surface area contributed by atoms with Crippen LogP contribution in [0.5, 0.6) is 5.75 Å². The number of aromatic nitrogens is 2.